The minimum Gasteiger partial charge on any atom is -0.464 e. The lowest BCUT2D eigenvalue weighted by molar-refractivity contribution is -0.145. The van der Waals surface area contributed by atoms with Gasteiger partial charge in [-0.05, 0) is 49.4 Å². The number of unbranched alkanes of at least 4 members (excludes halogenated alkanes) is 8. The molecule has 3 aromatic rings. The second-order valence-electron chi connectivity index (χ2n) is 11.9. The van der Waals surface area contributed by atoms with Gasteiger partial charge in [-0.2, -0.15) is 4.31 Å². The first-order chi connectivity index (χ1) is 20.1. The van der Waals surface area contributed by atoms with Crippen molar-refractivity contribution in [1.29, 1.82) is 0 Å². The number of nitrogens with one attached hydrogen (secondary N) is 1. The lowest BCUT2D eigenvalue weighted by Crippen LogP contribution is -2.41. The van der Waals surface area contributed by atoms with E-state index in [0.29, 0.717) is 19.3 Å². The van der Waals surface area contributed by atoms with E-state index in [1.54, 1.807) is 25.4 Å². The summed E-state index contributed by atoms with van der Waals surface area (Å²) in [4.78, 5) is 24.9. The molecule has 0 saturated carbocycles. The van der Waals surface area contributed by atoms with Crippen LogP contribution in [0, 0.1) is 12.8 Å². The van der Waals surface area contributed by atoms with E-state index in [-0.39, 0.29) is 23.4 Å². The molecule has 9 heteroatoms. The number of nitrogens with zero attached hydrogens (tertiary/aromatic N) is 3. The van der Waals surface area contributed by atoms with Crippen molar-refractivity contribution in [2.75, 3.05) is 13.7 Å². The molecule has 0 aliphatic rings. The summed E-state index contributed by atoms with van der Waals surface area (Å²) < 4.78 is 34.1. The second-order valence-corrected chi connectivity index (χ2v) is 13.9. The number of pyridine rings is 1. The molecule has 232 valence electrons. The van der Waals surface area contributed by atoms with Gasteiger partial charge in [0.1, 0.15) is 17.9 Å². The van der Waals surface area contributed by atoms with E-state index in [0.717, 1.165) is 47.4 Å². The zero-order chi connectivity index (χ0) is 30.5. The second kappa shape index (κ2) is 16.8. The van der Waals surface area contributed by atoms with Crippen LogP contribution >= 0.6 is 0 Å². The van der Waals surface area contributed by atoms with Crippen LogP contribution in [-0.2, 0) is 26.0 Å². The summed E-state index contributed by atoms with van der Waals surface area (Å²) in [7, 11) is -2.20. The van der Waals surface area contributed by atoms with Crippen molar-refractivity contribution in [2.24, 2.45) is 5.92 Å². The van der Waals surface area contributed by atoms with Gasteiger partial charge < -0.3 is 9.72 Å². The molecule has 0 amide bonds. The number of aromatic amines is 1. The number of ether oxygens (including phenoxy) is 1. The number of likely N-dealkylation sites (N-methyl/N-ethyl adjacent to an activating group) is 1. The fourth-order valence-corrected chi connectivity index (χ4v) is 6.64. The average Bonchev–Trinajstić information content (AvgIpc) is 3.35. The van der Waals surface area contributed by atoms with Gasteiger partial charge in [0.25, 0.3) is 0 Å². The molecule has 0 aliphatic carbocycles. The van der Waals surface area contributed by atoms with Gasteiger partial charge in [0, 0.05) is 26.1 Å². The average molecular weight is 599 g/mol. The van der Waals surface area contributed by atoms with E-state index in [2.05, 4.69) is 21.9 Å². The van der Waals surface area contributed by atoms with Crippen LogP contribution in [0.25, 0.3) is 11.0 Å². The minimum absolute atomic E-state index is 0.0566. The molecular formula is C33H50N4O4S. The highest BCUT2D eigenvalue weighted by molar-refractivity contribution is 7.89. The highest BCUT2D eigenvalue weighted by Crippen LogP contribution is 2.23. The largest absolute Gasteiger partial charge is 0.464 e. The Morgan fingerprint density at radius 2 is 1.62 bits per heavy atom. The molecule has 2 heterocycles. The molecule has 42 heavy (non-hydrogen) atoms. The maximum atomic E-state index is 13.6. The first-order valence-corrected chi connectivity index (χ1v) is 17.1. The Kier molecular flexibility index (Phi) is 13.4. The van der Waals surface area contributed by atoms with Crippen molar-refractivity contribution >= 4 is 27.0 Å². The number of hydrogen-bond acceptors (Lipinski definition) is 6. The fraction of sp³-hybridized carbons (Fsp3) is 0.606. The first-order valence-electron chi connectivity index (χ1n) is 15.6. The predicted octanol–water partition coefficient (Wildman–Crippen LogP) is 7.36. The number of carbonyl (C=O) groups is 1. The monoisotopic (exact) mass is 598 g/mol. The molecule has 1 atom stereocenters. The number of carbonyl (C=O) groups excluding carboxylic acids is 1. The van der Waals surface area contributed by atoms with Gasteiger partial charge in [-0.1, -0.05) is 84.3 Å². The van der Waals surface area contributed by atoms with Gasteiger partial charge in [0.15, 0.2) is 0 Å². The van der Waals surface area contributed by atoms with E-state index in [1.807, 2.05) is 39.0 Å². The van der Waals surface area contributed by atoms with Gasteiger partial charge >= 0.3 is 5.97 Å². The van der Waals surface area contributed by atoms with Crippen LogP contribution in [0.4, 0.5) is 0 Å². The van der Waals surface area contributed by atoms with Crippen LogP contribution in [0.1, 0.15) is 108 Å². The zero-order valence-electron chi connectivity index (χ0n) is 26.2. The van der Waals surface area contributed by atoms with Crippen LogP contribution in [0.2, 0.25) is 0 Å². The molecule has 0 bridgehead atoms. The summed E-state index contributed by atoms with van der Waals surface area (Å²) in [5, 5.41) is 0. The van der Waals surface area contributed by atoms with E-state index in [1.165, 1.54) is 42.8 Å². The van der Waals surface area contributed by atoms with Crippen LogP contribution < -0.4 is 0 Å². The van der Waals surface area contributed by atoms with Gasteiger partial charge in [-0.15, -0.1) is 0 Å². The molecule has 0 fully saturated rings. The van der Waals surface area contributed by atoms with Crippen LogP contribution in [0.5, 0.6) is 0 Å². The summed E-state index contributed by atoms with van der Waals surface area (Å²) in [6.45, 7) is 8.28. The van der Waals surface area contributed by atoms with Crippen molar-refractivity contribution in [3.8, 4) is 0 Å². The van der Waals surface area contributed by atoms with E-state index in [4.69, 9.17) is 4.74 Å². The number of benzene rings is 1. The number of hydrogen-bond donors (Lipinski definition) is 1. The highest BCUT2D eigenvalue weighted by atomic mass is 32.2. The maximum Gasteiger partial charge on any atom is 0.305 e. The molecular weight excluding hydrogens is 548 g/mol. The molecule has 0 spiro atoms. The van der Waals surface area contributed by atoms with Gasteiger partial charge in [-0.25, -0.2) is 13.4 Å². The van der Waals surface area contributed by atoms with E-state index in [9.17, 15) is 13.2 Å². The van der Waals surface area contributed by atoms with Crippen LogP contribution in [-0.4, -0.2) is 53.3 Å². The molecule has 2 aromatic heterocycles. The van der Waals surface area contributed by atoms with Crippen molar-refractivity contribution in [1.82, 2.24) is 19.3 Å². The maximum absolute atomic E-state index is 13.6. The third kappa shape index (κ3) is 10.2. The Morgan fingerprint density at radius 1 is 0.976 bits per heavy atom. The predicted molar refractivity (Wildman–Crippen MR) is 169 cm³/mol. The molecule has 1 N–H and O–H groups in total. The molecule has 0 saturated heterocycles. The molecule has 0 radical (unpaired) electrons. The number of esters is 1. The summed E-state index contributed by atoms with van der Waals surface area (Å²) in [6, 6.07) is 8.38. The van der Waals surface area contributed by atoms with Gasteiger partial charge in [0.05, 0.1) is 22.1 Å². The molecule has 3 rings (SSSR count). The summed E-state index contributed by atoms with van der Waals surface area (Å²) >= 11 is 0. The minimum atomic E-state index is -3.78. The SMILES string of the molecule is CCCCCCCCCCCC(=O)OC[C@H](CC(C)C)N(C)S(=O)(=O)c1ccc(Cc2nccc3[nH]c(C)nc23)cc1. The standard InChI is InChI=1S/C33H50N4O4S/c1-6-7-8-9-10-11-12-13-14-15-32(38)41-24-28(22-25(2)3)37(5)42(39,40)29-18-16-27(17-19-29)23-31-33-30(20-21-34-31)35-26(4)36-33/h16-21,25,28H,6-15,22-24H2,1-5H3,(H,35,36)/t28-/m0/s1. The summed E-state index contributed by atoms with van der Waals surface area (Å²) in [6.07, 6.45) is 13.9. The third-order valence-electron chi connectivity index (χ3n) is 7.75. The molecule has 0 unspecified atom stereocenters. The quantitative estimate of drug-likeness (QED) is 0.114. The summed E-state index contributed by atoms with van der Waals surface area (Å²) in [5.41, 5.74) is 3.55. The third-order valence-corrected chi connectivity index (χ3v) is 9.67. The molecule has 0 aliphatic heterocycles. The van der Waals surface area contributed by atoms with Crippen molar-refractivity contribution in [3.05, 3.63) is 53.6 Å². The van der Waals surface area contributed by atoms with Crippen molar-refractivity contribution in [3.63, 3.8) is 0 Å². The fourth-order valence-electron chi connectivity index (χ4n) is 5.28. The Morgan fingerprint density at radius 3 is 2.26 bits per heavy atom. The number of aryl methyl sites for hydroxylation is 1. The lowest BCUT2D eigenvalue weighted by atomic mass is 10.0. The van der Waals surface area contributed by atoms with Gasteiger partial charge in [-0.3, -0.25) is 9.78 Å². The number of fused-ring (bicyclic) bond motifs is 1. The lowest BCUT2D eigenvalue weighted by Gasteiger charge is -2.28. The number of aromatic nitrogens is 3. The van der Waals surface area contributed by atoms with Crippen LogP contribution in [0.15, 0.2) is 41.4 Å². The van der Waals surface area contributed by atoms with E-state index < -0.39 is 16.1 Å². The van der Waals surface area contributed by atoms with Crippen LogP contribution in [0.3, 0.4) is 0 Å². The Bertz CT molecular complexity index is 1350. The van der Waals surface area contributed by atoms with Crippen molar-refractivity contribution < 1.29 is 17.9 Å². The smallest absolute Gasteiger partial charge is 0.305 e. The normalized spacial score (nSPS) is 12.8. The van der Waals surface area contributed by atoms with Gasteiger partial charge in [0.2, 0.25) is 10.0 Å². The zero-order valence-corrected chi connectivity index (χ0v) is 27.0. The highest BCUT2D eigenvalue weighted by Gasteiger charge is 2.29. The Balaban J connectivity index is 1.53. The Hall–Kier alpha value is -2.78. The first kappa shape index (κ1) is 33.7. The number of rotatable bonds is 19. The Labute approximate surface area is 252 Å². The molecule has 8 nitrogen and oxygen atoms in total. The van der Waals surface area contributed by atoms with E-state index >= 15 is 0 Å². The van der Waals surface area contributed by atoms with Crippen molar-refractivity contribution in [2.45, 2.75) is 116 Å². The summed E-state index contributed by atoms with van der Waals surface area (Å²) in [5.74, 6) is 0.818. The number of imidazole rings is 1. The number of sulfonamides is 1. The number of H-pyrrole nitrogens is 1. The topological polar surface area (TPSA) is 105 Å². The molecule has 1 aromatic carbocycles.